The Kier molecular flexibility index (Phi) is 8.71. The standard InChI is InChI=1S/C22H25FN4O3/c1-4-25-22(21-15(2)13-18(14-19(21)23)30-12-10-24-3)27-17-7-5-16(6-8-17)26-20(29)9-11-28/h4-8,11,13-14,24,27H,2,9-10,12H2,1,3H3,(H,26,29)/b22-21-,25-4?. The Hall–Kier alpha value is -3.52. The maximum absolute atomic E-state index is 14.8. The monoisotopic (exact) mass is 412 g/mol. The second-order valence-electron chi connectivity index (χ2n) is 6.25. The van der Waals surface area contributed by atoms with Crippen molar-refractivity contribution < 1.29 is 18.7 Å². The minimum Gasteiger partial charge on any atom is -0.492 e. The lowest BCUT2D eigenvalue weighted by Crippen LogP contribution is -2.31. The molecule has 158 valence electrons. The number of carbonyl (C=O) groups excluding carboxylic acids is 2. The van der Waals surface area contributed by atoms with Crippen molar-refractivity contribution in [3.8, 4) is 5.75 Å². The van der Waals surface area contributed by atoms with E-state index in [9.17, 15) is 14.0 Å². The molecule has 0 aromatic heterocycles. The van der Waals surface area contributed by atoms with E-state index in [0.29, 0.717) is 47.6 Å². The lowest BCUT2D eigenvalue weighted by molar-refractivity contribution is -0.119. The third kappa shape index (κ3) is 6.52. The van der Waals surface area contributed by atoms with Crippen LogP contribution in [-0.4, -0.2) is 38.6 Å². The molecule has 0 unspecified atom stereocenters. The van der Waals surface area contributed by atoms with Crippen molar-refractivity contribution in [1.29, 1.82) is 0 Å². The van der Waals surface area contributed by atoms with Crippen LogP contribution in [0.1, 0.15) is 13.3 Å². The first kappa shape index (κ1) is 22.8. The van der Waals surface area contributed by atoms with E-state index >= 15 is 0 Å². The number of benzene rings is 2. The highest BCUT2D eigenvalue weighted by Gasteiger charge is 2.07. The highest BCUT2D eigenvalue weighted by molar-refractivity contribution is 5.98. The van der Waals surface area contributed by atoms with E-state index in [-0.39, 0.29) is 11.6 Å². The second kappa shape index (κ2) is 11.5. The summed E-state index contributed by atoms with van der Waals surface area (Å²) in [7, 11) is 1.81. The van der Waals surface area contributed by atoms with Crippen LogP contribution in [0.2, 0.25) is 0 Å². The molecule has 0 saturated heterocycles. The van der Waals surface area contributed by atoms with Gasteiger partial charge < -0.3 is 25.5 Å². The summed E-state index contributed by atoms with van der Waals surface area (Å²) >= 11 is 0. The van der Waals surface area contributed by atoms with Gasteiger partial charge >= 0.3 is 0 Å². The van der Waals surface area contributed by atoms with Gasteiger partial charge in [-0.05, 0) is 49.5 Å². The predicted molar refractivity (Wildman–Crippen MR) is 118 cm³/mol. The third-order valence-corrected chi connectivity index (χ3v) is 3.96. The average molecular weight is 412 g/mol. The van der Waals surface area contributed by atoms with E-state index in [4.69, 9.17) is 4.74 Å². The van der Waals surface area contributed by atoms with Gasteiger partial charge in [0.2, 0.25) is 5.91 Å². The van der Waals surface area contributed by atoms with Crippen LogP contribution in [0.4, 0.5) is 15.8 Å². The average Bonchev–Trinajstić information content (AvgIpc) is 2.69. The highest BCUT2D eigenvalue weighted by Crippen LogP contribution is 2.16. The summed E-state index contributed by atoms with van der Waals surface area (Å²) in [6.07, 6.45) is 1.88. The van der Waals surface area contributed by atoms with Gasteiger partial charge in [0.1, 0.15) is 30.3 Å². The number of nitrogens with zero attached hydrogens (tertiary/aromatic N) is 1. The molecule has 0 aliphatic heterocycles. The minimum atomic E-state index is -0.507. The van der Waals surface area contributed by atoms with Crippen LogP contribution in [0, 0.1) is 5.82 Å². The van der Waals surface area contributed by atoms with Gasteiger partial charge in [-0.15, -0.1) is 0 Å². The van der Waals surface area contributed by atoms with Gasteiger partial charge in [-0.2, -0.15) is 0 Å². The molecule has 0 heterocycles. The SMILES string of the molecule is C=c1cc(OCCNC)cc(F)/c1=C(/N=CC)Nc1ccc(NC(=O)CC=O)cc1. The summed E-state index contributed by atoms with van der Waals surface area (Å²) in [6, 6.07) is 9.71. The van der Waals surface area contributed by atoms with Gasteiger partial charge in [0.15, 0.2) is 0 Å². The van der Waals surface area contributed by atoms with Crippen molar-refractivity contribution >= 4 is 42.2 Å². The maximum Gasteiger partial charge on any atom is 0.231 e. The van der Waals surface area contributed by atoms with Crippen molar-refractivity contribution in [2.45, 2.75) is 13.3 Å². The zero-order chi connectivity index (χ0) is 21.9. The Labute approximate surface area is 174 Å². The summed E-state index contributed by atoms with van der Waals surface area (Å²) in [6.45, 7) is 6.71. The van der Waals surface area contributed by atoms with E-state index in [1.54, 1.807) is 50.5 Å². The highest BCUT2D eigenvalue weighted by atomic mass is 19.1. The largest absolute Gasteiger partial charge is 0.492 e. The van der Waals surface area contributed by atoms with Crippen molar-refractivity contribution in [3.63, 3.8) is 0 Å². The van der Waals surface area contributed by atoms with Crippen molar-refractivity contribution in [2.75, 3.05) is 30.8 Å². The number of hydrogen-bond donors (Lipinski definition) is 3. The van der Waals surface area contributed by atoms with Gasteiger partial charge in [0, 0.05) is 30.2 Å². The number of nitrogens with one attached hydrogen (secondary N) is 3. The zero-order valence-corrected chi connectivity index (χ0v) is 17.0. The molecule has 30 heavy (non-hydrogen) atoms. The fourth-order valence-corrected chi connectivity index (χ4v) is 2.61. The topological polar surface area (TPSA) is 91.8 Å². The van der Waals surface area contributed by atoms with Gasteiger partial charge in [-0.25, -0.2) is 9.38 Å². The predicted octanol–water partition coefficient (Wildman–Crippen LogP) is 1.63. The molecule has 0 bridgehead atoms. The first-order chi connectivity index (χ1) is 14.5. The first-order valence-corrected chi connectivity index (χ1v) is 9.38. The maximum atomic E-state index is 14.8. The molecule has 0 spiro atoms. The van der Waals surface area contributed by atoms with Crippen LogP contribution < -0.4 is 31.1 Å². The molecule has 2 aromatic carbocycles. The van der Waals surface area contributed by atoms with Gasteiger partial charge in [-0.3, -0.25) is 4.79 Å². The van der Waals surface area contributed by atoms with Gasteiger partial charge in [0.05, 0.1) is 11.6 Å². The molecule has 8 heteroatoms. The van der Waals surface area contributed by atoms with Crippen molar-refractivity contribution in [1.82, 2.24) is 5.32 Å². The van der Waals surface area contributed by atoms with E-state index in [2.05, 4.69) is 27.5 Å². The Morgan fingerprint density at radius 3 is 2.43 bits per heavy atom. The Morgan fingerprint density at radius 2 is 1.87 bits per heavy atom. The van der Waals surface area contributed by atoms with Crippen LogP contribution in [0.25, 0.3) is 12.4 Å². The van der Waals surface area contributed by atoms with E-state index in [1.807, 2.05) is 0 Å². The number of rotatable bonds is 10. The molecule has 0 aliphatic rings. The van der Waals surface area contributed by atoms with Crippen LogP contribution in [0.5, 0.6) is 5.75 Å². The number of likely N-dealkylation sites (N-methyl/N-ethyl adjacent to an activating group) is 1. The fraction of sp³-hybridized carbons (Fsp3) is 0.227. The number of amides is 1. The summed E-state index contributed by atoms with van der Waals surface area (Å²) in [5.74, 6) is -0.214. The van der Waals surface area contributed by atoms with Crippen LogP contribution in [0.15, 0.2) is 41.4 Å². The third-order valence-electron chi connectivity index (χ3n) is 3.96. The summed E-state index contributed by atoms with van der Waals surface area (Å²) in [5.41, 5.74) is 1.18. The molecule has 0 radical (unpaired) electrons. The molecule has 0 fully saturated rings. The Morgan fingerprint density at radius 1 is 1.20 bits per heavy atom. The van der Waals surface area contributed by atoms with E-state index < -0.39 is 11.7 Å². The van der Waals surface area contributed by atoms with Crippen LogP contribution in [0.3, 0.4) is 0 Å². The summed E-state index contributed by atoms with van der Waals surface area (Å²) in [4.78, 5) is 26.1. The van der Waals surface area contributed by atoms with E-state index in [1.165, 1.54) is 6.07 Å². The summed E-state index contributed by atoms with van der Waals surface area (Å²) in [5, 5.41) is 9.30. The van der Waals surface area contributed by atoms with Crippen LogP contribution in [-0.2, 0) is 9.59 Å². The molecule has 2 aromatic rings. The number of ether oxygens (including phenoxy) is 1. The van der Waals surface area contributed by atoms with E-state index in [0.717, 1.165) is 0 Å². The lowest BCUT2D eigenvalue weighted by atomic mass is 10.2. The zero-order valence-electron chi connectivity index (χ0n) is 17.0. The normalized spacial score (nSPS) is 11.8. The number of hydrogen-bond acceptors (Lipinski definition) is 6. The number of carbonyl (C=O) groups is 2. The fourth-order valence-electron chi connectivity index (χ4n) is 2.61. The molecular weight excluding hydrogens is 387 g/mol. The quantitative estimate of drug-likeness (QED) is 0.239. The number of aldehydes is 1. The van der Waals surface area contributed by atoms with Gasteiger partial charge in [0.25, 0.3) is 0 Å². The number of anilines is 2. The number of aliphatic imine (C=N–C) groups is 1. The molecule has 7 nitrogen and oxygen atoms in total. The molecule has 3 N–H and O–H groups in total. The Balaban J connectivity index is 2.31. The minimum absolute atomic E-state index is 0.205. The molecule has 0 atom stereocenters. The number of halogens is 1. The lowest BCUT2D eigenvalue weighted by Gasteiger charge is -2.11. The molecule has 2 rings (SSSR count). The summed E-state index contributed by atoms with van der Waals surface area (Å²) < 4.78 is 20.3. The molecule has 0 saturated carbocycles. The van der Waals surface area contributed by atoms with Gasteiger partial charge in [-0.1, -0.05) is 6.58 Å². The van der Waals surface area contributed by atoms with Crippen LogP contribution >= 0.6 is 0 Å². The van der Waals surface area contributed by atoms with Crippen molar-refractivity contribution in [3.05, 3.63) is 52.7 Å². The molecule has 0 aliphatic carbocycles. The molecular formula is C22H25FN4O3. The second-order valence-corrected chi connectivity index (χ2v) is 6.25. The molecule has 1 amide bonds. The smallest absolute Gasteiger partial charge is 0.231 e. The Bertz CT molecular complexity index is 1020. The first-order valence-electron chi connectivity index (χ1n) is 9.38. The van der Waals surface area contributed by atoms with Crippen molar-refractivity contribution in [2.24, 2.45) is 4.99 Å².